The molecule has 0 spiro atoms. The van der Waals surface area contributed by atoms with Crippen molar-refractivity contribution >= 4 is 26.5 Å². The van der Waals surface area contributed by atoms with Gasteiger partial charge in [-0.2, -0.15) is 0 Å². The summed E-state index contributed by atoms with van der Waals surface area (Å²) in [6, 6.07) is 0. The first-order chi connectivity index (χ1) is 2.21. The third-order valence-electron chi connectivity index (χ3n) is 0.373. The molecule has 0 aromatic carbocycles. The Kier molecular flexibility index (Phi) is 0.901. The molecule has 0 N–H and O–H groups in total. The number of hydrogen-bond donors (Lipinski definition) is 0. The zero-order chi connectivity index (χ0) is 3.91. The fraction of sp³-hybridized carbons (Fsp3) is 1.00. The second kappa shape index (κ2) is 1.05. The van der Waals surface area contributed by atoms with Gasteiger partial charge in [0, 0.05) is 0 Å². The largest absolute Gasteiger partial charge is 0.158 e. The van der Waals surface area contributed by atoms with Crippen molar-refractivity contribution in [2.45, 2.75) is 0 Å². The van der Waals surface area contributed by atoms with Crippen LogP contribution in [-0.2, 0) is 0 Å². The lowest BCUT2D eigenvalue weighted by atomic mass is 11.9. The molecule has 0 unspecified atom stereocenters. The molecule has 3 heteroatoms. The minimum atomic E-state index is -0.306. The Morgan fingerprint density at radius 1 is 1.20 bits per heavy atom. The topological polar surface area (TPSA) is 0 Å². The molecule has 0 radical (unpaired) electrons. The number of hydrogen-bond acceptors (Lipinski definition) is 2. The van der Waals surface area contributed by atoms with Gasteiger partial charge in [0.1, 0.15) is 20.8 Å². The zero-order valence-corrected chi connectivity index (χ0v) is 5.79. The van der Waals surface area contributed by atoms with Crippen molar-refractivity contribution in [2.24, 2.45) is 0 Å². The van der Waals surface area contributed by atoms with E-state index in [4.69, 9.17) is 0 Å². The first-order valence-electron chi connectivity index (χ1n) is 1.43. The molecule has 0 aliphatic carbocycles. The van der Waals surface area contributed by atoms with Crippen molar-refractivity contribution in [3.8, 4) is 0 Å². The van der Waals surface area contributed by atoms with Crippen molar-refractivity contribution in [1.82, 2.24) is 0 Å². The standard InChI is InChI=1S/C2H6PS2/c1-3(2)4-5-3/h1-2H3/q+1. The lowest BCUT2D eigenvalue weighted by Gasteiger charge is -1.69. The Morgan fingerprint density at radius 3 is 1.40 bits per heavy atom. The Morgan fingerprint density at radius 2 is 1.40 bits per heavy atom. The van der Waals surface area contributed by atoms with Crippen LogP contribution in [0.15, 0.2) is 0 Å². The van der Waals surface area contributed by atoms with E-state index >= 15 is 0 Å². The van der Waals surface area contributed by atoms with Crippen LogP contribution < -0.4 is 0 Å². The zero-order valence-electron chi connectivity index (χ0n) is 3.26. The minimum Gasteiger partial charge on any atom is 0.0715 e. The normalized spacial score (nSPS) is 30.0. The van der Waals surface area contributed by atoms with Gasteiger partial charge < -0.3 is 0 Å². The van der Waals surface area contributed by atoms with E-state index < -0.39 is 0 Å². The Hall–Kier alpha value is 1.13. The highest BCUT2D eigenvalue weighted by molar-refractivity contribution is 9.48. The molecular weight excluding hydrogens is 119 g/mol. The summed E-state index contributed by atoms with van der Waals surface area (Å²) >= 11 is 0. The molecule has 1 rings (SSSR count). The Labute approximate surface area is 40.3 Å². The van der Waals surface area contributed by atoms with Crippen molar-refractivity contribution in [3.05, 3.63) is 0 Å². The first-order valence-corrected chi connectivity index (χ1v) is 7.47. The minimum absolute atomic E-state index is 0.306. The summed E-state index contributed by atoms with van der Waals surface area (Å²) in [5.74, 6) is 0. The summed E-state index contributed by atoms with van der Waals surface area (Å²) in [4.78, 5) is 0. The lowest BCUT2D eigenvalue weighted by molar-refractivity contribution is 2.29. The van der Waals surface area contributed by atoms with Crippen LogP contribution in [0.4, 0.5) is 0 Å². The maximum Gasteiger partial charge on any atom is 0.158 e. The molecular formula is C2H6PS2+. The molecule has 1 saturated heterocycles. The summed E-state index contributed by atoms with van der Waals surface area (Å²) in [6.07, 6.45) is 0. The molecule has 1 aliphatic heterocycles. The molecule has 0 amide bonds. The van der Waals surface area contributed by atoms with Gasteiger partial charge in [-0.1, -0.05) is 0 Å². The van der Waals surface area contributed by atoms with Crippen LogP contribution >= 0.6 is 26.5 Å². The van der Waals surface area contributed by atoms with E-state index in [1.807, 2.05) is 0 Å². The summed E-state index contributed by atoms with van der Waals surface area (Å²) in [5, 5.41) is 0. The van der Waals surface area contributed by atoms with Gasteiger partial charge in [-0.05, 0) is 0 Å². The van der Waals surface area contributed by atoms with Gasteiger partial charge in [-0.25, -0.2) is 0 Å². The van der Waals surface area contributed by atoms with Gasteiger partial charge >= 0.3 is 0 Å². The highest BCUT2D eigenvalue weighted by Crippen LogP contribution is 2.99. The van der Waals surface area contributed by atoms with Crippen LogP contribution in [0, 0.1) is 0 Å². The van der Waals surface area contributed by atoms with Gasteiger partial charge in [0.15, 0.2) is 5.67 Å². The average molecular weight is 125 g/mol. The maximum atomic E-state index is 2.34. The molecule has 0 aromatic rings. The van der Waals surface area contributed by atoms with E-state index in [2.05, 4.69) is 34.2 Å². The van der Waals surface area contributed by atoms with E-state index in [-0.39, 0.29) is 5.67 Å². The van der Waals surface area contributed by atoms with Crippen LogP contribution in [0.25, 0.3) is 0 Å². The van der Waals surface area contributed by atoms with E-state index in [0.717, 1.165) is 0 Å². The summed E-state index contributed by atoms with van der Waals surface area (Å²) in [6.45, 7) is 4.67. The van der Waals surface area contributed by atoms with Crippen LogP contribution in [0.3, 0.4) is 0 Å². The Balaban J connectivity index is 2.38. The summed E-state index contributed by atoms with van der Waals surface area (Å²) in [7, 11) is 4.11. The molecule has 0 nitrogen and oxygen atoms in total. The van der Waals surface area contributed by atoms with E-state index in [9.17, 15) is 0 Å². The smallest absolute Gasteiger partial charge is 0.0715 e. The first kappa shape index (κ1) is 4.29. The second-order valence-corrected chi connectivity index (χ2v) is 14.0. The van der Waals surface area contributed by atoms with Gasteiger partial charge in [0.25, 0.3) is 0 Å². The van der Waals surface area contributed by atoms with Gasteiger partial charge in [0.2, 0.25) is 0 Å². The van der Waals surface area contributed by atoms with Crippen molar-refractivity contribution in [2.75, 3.05) is 13.3 Å². The molecule has 0 atom stereocenters. The van der Waals surface area contributed by atoms with Gasteiger partial charge in [0.05, 0.1) is 13.3 Å². The fourth-order valence-corrected chi connectivity index (χ4v) is 5.40. The fourth-order valence-electron chi connectivity index (χ4n) is 0.0667. The quantitative estimate of drug-likeness (QED) is 0.277. The molecule has 1 fully saturated rings. The second-order valence-electron chi connectivity index (χ2n) is 1.40. The SMILES string of the molecule is C[P+]1(C)SS1. The highest BCUT2D eigenvalue weighted by Gasteiger charge is 2.48. The van der Waals surface area contributed by atoms with Crippen LogP contribution in [0.1, 0.15) is 0 Å². The molecule has 1 heterocycles. The van der Waals surface area contributed by atoms with E-state index in [1.54, 1.807) is 0 Å². The van der Waals surface area contributed by atoms with Crippen molar-refractivity contribution in [3.63, 3.8) is 0 Å². The van der Waals surface area contributed by atoms with Crippen LogP contribution in [0.2, 0.25) is 0 Å². The molecule has 0 saturated carbocycles. The molecule has 30 valence electrons. The van der Waals surface area contributed by atoms with Crippen molar-refractivity contribution < 1.29 is 0 Å². The molecule has 0 aromatic heterocycles. The summed E-state index contributed by atoms with van der Waals surface area (Å²) in [5.41, 5.74) is -0.306. The monoisotopic (exact) mass is 125 g/mol. The lowest BCUT2D eigenvalue weighted by Crippen LogP contribution is -1.42. The molecule has 0 bridgehead atoms. The van der Waals surface area contributed by atoms with Crippen LogP contribution in [-0.4, -0.2) is 13.3 Å². The average Bonchev–Trinajstić information content (AvgIpc) is 1.76. The third kappa shape index (κ3) is 1.34. The third-order valence-corrected chi connectivity index (χ3v) is 10.1. The summed E-state index contributed by atoms with van der Waals surface area (Å²) < 4.78 is 0. The predicted octanol–water partition coefficient (Wildman–Crippen LogP) is 2.49. The predicted molar refractivity (Wildman–Crippen MR) is 33.9 cm³/mol. The Bertz CT molecular complexity index is 45.6. The van der Waals surface area contributed by atoms with E-state index in [1.165, 1.54) is 0 Å². The van der Waals surface area contributed by atoms with Crippen molar-refractivity contribution in [1.29, 1.82) is 0 Å². The number of rotatable bonds is 0. The maximum absolute atomic E-state index is 2.34. The van der Waals surface area contributed by atoms with Crippen LogP contribution in [0.5, 0.6) is 0 Å². The van der Waals surface area contributed by atoms with Gasteiger partial charge in [-0.15, -0.1) is 0 Å². The van der Waals surface area contributed by atoms with Gasteiger partial charge in [-0.3, -0.25) is 0 Å². The molecule has 1 aliphatic rings. The highest BCUT2D eigenvalue weighted by atomic mass is 33.8. The molecule has 5 heavy (non-hydrogen) atoms. The van der Waals surface area contributed by atoms with E-state index in [0.29, 0.717) is 0 Å².